The van der Waals surface area contributed by atoms with E-state index in [0.29, 0.717) is 5.92 Å². The summed E-state index contributed by atoms with van der Waals surface area (Å²) in [7, 11) is 0. The molecular weight excluding hydrogens is 253 g/mol. The average Bonchev–Trinajstić information content (AvgIpc) is 2.30. The number of ether oxygens (including phenoxy) is 1. The molecule has 0 fully saturated rings. The Hall–Kier alpha value is -0.320. The summed E-state index contributed by atoms with van der Waals surface area (Å²) in [5, 5.41) is 0. The molecule has 1 aliphatic rings. The van der Waals surface area contributed by atoms with Crippen molar-refractivity contribution in [3.8, 4) is 5.88 Å². The Morgan fingerprint density at radius 3 is 3.18 bits per heavy atom. The molecule has 58 valence electrons. The molecule has 0 N–H and O–H groups in total. The first-order chi connectivity index (χ1) is 5.29. The summed E-state index contributed by atoms with van der Waals surface area (Å²) in [6.45, 7) is 2.16. The van der Waals surface area contributed by atoms with E-state index in [0.717, 1.165) is 5.88 Å². The number of hydrogen-bond donors (Lipinski definition) is 0. The van der Waals surface area contributed by atoms with Crippen LogP contribution in [-0.2, 0) is 0 Å². The quantitative estimate of drug-likeness (QED) is 0.528. The second-order valence-electron chi connectivity index (χ2n) is 2.66. The van der Waals surface area contributed by atoms with Gasteiger partial charge >= 0.3 is 0 Å². The van der Waals surface area contributed by atoms with Crippen LogP contribution in [0.2, 0.25) is 0 Å². The Labute approximate surface area is 79.1 Å². The highest BCUT2D eigenvalue weighted by atomic mass is 127. The van der Waals surface area contributed by atoms with Gasteiger partial charge in [0.25, 0.3) is 0 Å². The van der Waals surface area contributed by atoms with Crippen molar-refractivity contribution in [2.75, 3.05) is 0 Å². The van der Waals surface area contributed by atoms with Crippen LogP contribution in [0.3, 0.4) is 0 Å². The van der Waals surface area contributed by atoms with Crippen LogP contribution in [0.25, 0.3) is 0 Å². The zero-order valence-electron chi connectivity index (χ0n) is 6.12. The molecule has 0 saturated heterocycles. The van der Waals surface area contributed by atoms with E-state index in [1.807, 2.05) is 6.07 Å². The summed E-state index contributed by atoms with van der Waals surface area (Å²) < 4.78 is 5.74. The molecule has 0 saturated carbocycles. The van der Waals surface area contributed by atoms with Crippen molar-refractivity contribution in [1.29, 1.82) is 0 Å². The monoisotopic (exact) mass is 261 g/mol. The van der Waals surface area contributed by atoms with Crippen LogP contribution in [0.15, 0.2) is 18.3 Å². The lowest BCUT2D eigenvalue weighted by molar-refractivity contribution is 0.308. The van der Waals surface area contributed by atoms with Gasteiger partial charge in [0.2, 0.25) is 5.88 Å². The zero-order valence-corrected chi connectivity index (χ0v) is 8.28. The molecule has 2 heterocycles. The van der Waals surface area contributed by atoms with Crippen LogP contribution >= 0.6 is 22.6 Å². The van der Waals surface area contributed by atoms with E-state index < -0.39 is 0 Å². The number of pyridine rings is 1. The van der Waals surface area contributed by atoms with Crippen molar-refractivity contribution >= 4 is 22.6 Å². The SMILES string of the molecule is CC1c2cccnc2OC1I. The summed E-state index contributed by atoms with van der Waals surface area (Å²) in [6.07, 6.45) is 1.76. The predicted octanol–water partition coefficient (Wildman–Crippen LogP) is 2.34. The maximum Gasteiger partial charge on any atom is 0.218 e. The Kier molecular flexibility index (Phi) is 1.75. The van der Waals surface area contributed by atoms with Crippen LogP contribution in [0, 0.1) is 0 Å². The van der Waals surface area contributed by atoms with Crippen molar-refractivity contribution in [1.82, 2.24) is 4.98 Å². The normalized spacial score (nSPS) is 27.8. The summed E-state index contributed by atoms with van der Waals surface area (Å²) >= 11 is 2.29. The minimum atomic E-state index is 0.248. The van der Waals surface area contributed by atoms with Gasteiger partial charge in [-0.05, 0) is 28.7 Å². The van der Waals surface area contributed by atoms with Gasteiger partial charge in [0.05, 0.1) is 0 Å². The minimum Gasteiger partial charge on any atom is -0.463 e. The van der Waals surface area contributed by atoms with Crippen molar-refractivity contribution in [2.45, 2.75) is 17.0 Å². The first-order valence-electron chi connectivity index (χ1n) is 3.54. The average molecular weight is 261 g/mol. The number of halogens is 1. The molecule has 11 heavy (non-hydrogen) atoms. The molecule has 1 aromatic rings. The molecule has 0 aromatic carbocycles. The van der Waals surface area contributed by atoms with Crippen LogP contribution in [0.1, 0.15) is 18.4 Å². The minimum absolute atomic E-state index is 0.248. The molecule has 0 bridgehead atoms. The Morgan fingerprint density at radius 2 is 2.45 bits per heavy atom. The maximum absolute atomic E-state index is 5.49. The first-order valence-corrected chi connectivity index (χ1v) is 4.79. The summed E-state index contributed by atoms with van der Waals surface area (Å²) in [5.74, 6) is 1.28. The smallest absolute Gasteiger partial charge is 0.218 e. The molecule has 1 aliphatic heterocycles. The molecule has 2 nitrogen and oxygen atoms in total. The van der Waals surface area contributed by atoms with Gasteiger partial charge in [-0.15, -0.1) is 0 Å². The van der Waals surface area contributed by atoms with Gasteiger partial charge in [-0.1, -0.05) is 13.0 Å². The fraction of sp³-hybridized carbons (Fsp3) is 0.375. The van der Waals surface area contributed by atoms with Crippen molar-refractivity contribution in [3.05, 3.63) is 23.9 Å². The van der Waals surface area contributed by atoms with Crippen LogP contribution in [0.4, 0.5) is 0 Å². The molecular formula is C8H8INO. The molecule has 2 atom stereocenters. The van der Waals surface area contributed by atoms with Crippen molar-refractivity contribution in [2.24, 2.45) is 0 Å². The Bertz CT molecular complexity index is 277. The lowest BCUT2D eigenvalue weighted by Crippen LogP contribution is -2.06. The molecule has 0 spiro atoms. The number of rotatable bonds is 0. The van der Waals surface area contributed by atoms with Gasteiger partial charge in [-0.3, -0.25) is 0 Å². The second kappa shape index (κ2) is 2.62. The molecule has 0 radical (unpaired) electrons. The van der Waals surface area contributed by atoms with Crippen LogP contribution < -0.4 is 4.74 Å². The lowest BCUT2D eigenvalue weighted by atomic mass is 10.1. The van der Waals surface area contributed by atoms with E-state index in [9.17, 15) is 0 Å². The molecule has 0 aliphatic carbocycles. The predicted molar refractivity (Wildman–Crippen MR) is 51.1 cm³/mol. The topological polar surface area (TPSA) is 22.1 Å². The molecule has 2 rings (SSSR count). The van der Waals surface area contributed by atoms with Gasteiger partial charge in [0, 0.05) is 17.7 Å². The summed E-state index contributed by atoms with van der Waals surface area (Å²) in [5.41, 5.74) is 1.23. The molecule has 0 amide bonds. The molecule has 2 unspecified atom stereocenters. The number of nitrogens with zero attached hydrogens (tertiary/aromatic N) is 1. The van der Waals surface area contributed by atoms with E-state index in [1.54, 1.807) is 6.20 Å². The number of alkyl halides is 1. The van der Waals surface area contributed by atoms with E-state index in [2.05, 4.69) is 40.6 Å². The van der Waals surface area contributed by atoms with Crippen LogP contribution in [-0.4, -0.2) is 9.09 Å². The standard InChI is InChI=1S/C8H8INO/c1-5-6-3-2-4-10-8(6)11-7(5)9/h2-5,7H,1H3. The van der Waals surface area contributed by atoms with Gasteiger partial charge in [0.15, 0.2) is 4.11 Å². The van der Waals surface area contributed by atoms with Gasteiger partial charge in [-0.2, -0.15) is 0 Å². The molecule has 3 heteroatoms. The van der Waals surface area contributed by atoms with Crippen LogP contribution in [0.5, 0.6) is 5.88 Å². The fourth-order valence-electron chi connectivity index (χ4n) is 1.20. The fourth-order valence-corrected chi connectivity index (χ4v) is 1.83. The summed E-state index contributed by atoms with van der Waals surface area (Å²) in [6, 6.07) is 4.03. The van der Waals surface area contributed by atoms with Crippen molar-refractivity contribution < 1.29 is 4.74 Å². The van der Waals surface area contributed by atoms with E-state index in [4.69, 9.17) is 4.74 Å². The van der Waals surface area contributed by atoms with Gasteiger partial charge < -0.3 is 4.74 Å². The third-order valence-electron chi connectivity index (χ3n) is 1.91. The second-order valence-corrected chi connectivity index (χ2v) is 3.88. The maximum atomic E-state index is 5.49. The van der Waals surface area contributed by atoms with E-state index >= 15 is 0 Å². The highest BCUT2D eigenvalue weighted by Crippen LogP contribution is 2.38. The Balaban J connectivity index is 2.47. The van der Waals surface area contributed by atoms with E-state index in [1.165, 1.54) is 5.56 Å². The summed E-state index contributed by atoms with van der Waals surface area (Å²) in [4.78, 5) is 4.13. The van der Waals surface area contributed by atoms with Gasteiger partial charge in [0.1, 0.15) is 0 Å². The number of aromatic nitrogens is 1. The molecule has 1 aromatic heterocycles. The van der Waals surface area contributed by atoms with E-state index in [-0.39, 0.29) is 4.11 Å². The van der Waals surface area contributed by atoms with Gasteiger partial charge in [-0.25, -0.2) is 4.98 Å². The zero-order chi connectivity index (χ0) is 7.84. The first kappa shape index (κ1) is 7.34. The number of hydrogen-bond acceptors (Lipinski definition) is 2. The highest BCUT2D eigenvalue weighted by Gasteiger charge is 2.28. The third kappa shape index (κ3) is 1.11. The largest absolute Gasteiger partial charge is 0.463 e. The van der Waals surface area contributed by atoms with Crippen molar-refractivity contribution in [3.63, 3.8) is 0 Å². The lowest BCUT2D eigenvalue weighted by Gasteiger charge is -2.04. The highest BCUT2D eigenvalue weighted by molar-refractivity contribution is 14.1. The third-order valence-corrected chi connectivity index (χ3v) is 3.24. The Morgan fingerprint density at radius 1 is 1.64 bits per heavy atom. The number of fused-ring (bicyclic) bond motifs is 1.